The number of hydrogen-bond acceptors (Lipinski definition) is 2. The van der Waals surface area contributed by atoms with Crippen molar-refractivity contribution in [1.82, 2.24) is 5.32 Å². The van der Waals surface area contributed by atoms with E-state index in [0.717, 1.165) is 6.07 Å². The Hall–Kier alpha value is -1.56. The van der Waals surface area contributed by atoms with Crippen LogP contribution in [0.2, 0.25) is 0 Å². The maximum atomic E-state index is 13.2. The van der Waals surface area contributed by atoms with E-state index >= 15 is 0 Å². The smallest absolute Gasteiger partial charge is 0.254 e. The molecule has 0 unspecified atom stereocenters. The second kappa shape index (κ2) is 4.75. The highest BCUT2D eigenvalue weighted by Gasteiger charge is 2.20. The summed E-state index contributed by atoms with van der Waals surface area (Å²) < 4.78 is 38.7. The third kappa shape index (κ3) is 3.45. The quantitative estimate of drug-likeness (QED) is 0.797. The Bertz CT molecular complexity index is 441. The second-order valence-electron chi connectivity index (χ2n) is 4.22. The van der Waals surface area contributed by atoms with Crippen LogP contribution < -0.4 is 5.32 Å². The fraction of sp³-hybridized carbons (Fsp3) is 0.364. The van der Waals surface area contributed by atoms with Crippen LogP contribution in [0.15, 0.2) is 12.1 Å². The standard InChI is InChI=1S/C11H12F3NO2/c1-11(2,17)5-15-10(16)6-3-4-7(12)9(14)8(6)13/h3-4,17H,5H2,1-2H3,(H,15,16). The third-order valence-electron chi connectivity index (χ3n) is 1.96. The van der Waals surface area contributed by atoms with Gasteiger partial charge in [0.25, 0.3) is 5.91 Å². The van der Waals surface area contributed by atoms with Crippen molar-refractivity contribution in [3.8, 4) is 0 Å². The summed E-state index contributed by atoms with van der Waals surface area (Å²) in [5, 5.41) is 11.5. The van der Waals surface area contributed by atoms with Gasteiger partial charge in [-0.15, -0.1) is 0 Å². The topological polar surface area (TPSA) is 49.3 Å². The molecule has 0 spiro atoms. The molecule has 0 saturated carbocycles. The molecule has 1 rings (SSSR count). The lowest BCUT2D eigenvalue weighted by Gasteiger charge is -2.17. The maximum Gasteiger partial charge on any atom is 0.254 e. The van der Waals surface area contributed by atoms with Crippen LogP contribution in [0.25, 0.3) is 0 Å². The van der Waals surface area contributed by atoms with Gasteiger partial charge >= 0.3 is 0 Å². The zero-order chi connectivity index (χ0) is 13.2. The molecule has 0 fully saturated rings. The van der Waals surface area contributed by atoms with Crippen LogP contribution in [-0.2, 0) is 0 Å². The first-order valence-corrected chi connectivity index (χ1v) is 4.86. The van der Waals surface area contributed by atoms with Crippen LogP contribution in [0.4, 0.5) is 13.2 Å². The molecule has 0 atom stereocenters. The van der Waals surface area contributed by atoms with Crippen LogP contribution in [0.3, 0.4) is 0 Å². The van der Waals surface area contributed by atoms with E-state index in [0.29, 0.717) is 6.07 Å². The average Bonchev–Trinajstić information content (AvgIpc) is 2.22. The monoisotopic (exact) mass is 247 g/mol. The maximum absolute atomic E-state index is 13.2. The van der Waals surface area contributed by atoms with Crippen LogP contribution >= 0.6 is 0 Å². The number of carbonyl (C=O) groups is 1. The lowest BCUT2D eigenvalue weighted by Crippen LogP contribution is -2.38. The molecule has 0 radical (unpaired) electrons. The molecule has 0 aromatic heterocycles. The summed E-state index contributed by atoms with van der Waals surface area (Å²) in [5.74, 6) is -5.51. The summed E-state index contributed by atoms with van der Waals surface area (Å²) in [6.45, 7) is 2.74. The highest BCUT2D eigenvalue weighted by atomic mass is 19.2. The molecule has 1 aromatic rings. The van der Waals surface area contributed by atoms with Crippen LogP contribution in [0, 0.1) is 17.5 Å². The Morgan fingerprint density at radius 1 is 1.29 bits per heavy atom. The van der Waals surface area contributed by atoms with Crippen LogP contribution in [0.1, 0.15) is 24.2 Å². The minimum atomic E-state index is -1.69. The van der Waals surface area contributed by atoms with E-state index in [-0.39, 0.29) is 6.54 Å². The molecule has 0 heterocycles. The first kappa shape index (κ1) is 13.5. The van der Waals surface area contributed by atoms with Gasteiger partial charge < -0.3 is 10.4 Å². The van der Waals surface area contributed by atoms with E-state index < -0.39 is 34.5 Å². The summed E-state index contributed by atoms with van der Waals surface area (Å²) in [7, 11) is 0. The summed E-state index contributed by atoms with van der Waals surface area (Å²) in [6.07, 6.45) is 0. The summed E-state index contributed by atoms with van der Waals surface area (Å²) in [5.41, 5.74) is -1.78. The number of amides is 1. The fourth-order valence-electron chi connectivity index (χ4n) is 1.09. The molecule has 1 amide bonds. The molecular formula is C11H12F3NO2. The Kier molecular flexibility index (Phi) is 3.77. The Balaban J connectivity index is 2.87. The lowest BCUT2D eigenvalue weighted by atomic mass is 10.1. The van der Waals surface area contributed by atoms with Gasteiger partial charge in [0, 0.05) is 6.54 Å². The largest absolute Gasteiger partial charge is 0.389 e. The van der Waals surface area contributed by atoms with E-state index in [2.05, 4.69) is 5.32 Å². The van der Waals surface area contributed by atoms with Crippen molar-refractivity contribution in [1.29, 1.82) is 0 Å². The lowest BCUT2D eigenvalue weighted by molar-refractivity contribution is 0.0691. The SMILES string of the molecule is CC(C)(O)CNC(=O)c1ccc(F)c(F)c1F. The normalized spacial score (nSPS) is 11.4. The zero-order valence-electron chi connectivity index (χ0n) is 9.35. The number of carbonyl (C=O) groups excluding carboxylic acids is 1. The number of halogens is 3. The third-order valence-corrected chi connectivity index (χ3v) is 1.96. The molecule has 2 N–H and O–H groups in total. The van der Waals surface area contributed by atoms with E-state index in [1.165, 1.54) is 13.8 Å². The van der Waals surface area contributed by atoms with Gasteiger partial charge in [0.05, 0.1) is 11.2 Å². The van der Waals surface area contributed by atoms with Crippen molar-refractivity contribution in [2.24, 2.45) is 0 Å². The number of benzene rings is 1. The van der Waals surface area contributed by atoms with Crippen molar-refractivity contribution < 1.29 is 23.1 Å². The van der Waals surface area contributed by atoms with Gasteiger partial charge in [0.15, 0.2) is 17.5 Å². The molecule has 1 aromatic carbocycles. The van der Waals surface area contributed by atoms with E-state index in [9.17, 15) is 23.1 Å². The molecule has 0 saturated heterocycles. The predicted molar refractivity (Wildman–Crippen MR) is 54.9 cm³/mol. The number of hydrogen-bond donors (Lipinski definition) is 2. The molecule has 6 heteroatoms. The van der Waals surface area contributed by atoms with E-state index in [1.807, 2.05) is 0 Å². The van der Waals surface area contributed by atoms with Crippen molar-refractivity contribution in [3.63, 3.8) is 0 Å². The Morgan fingerprint density at radius 2 is 1.88 bits per heavy atom. The van der Waals surface area contributed by atoms with Gasteiger partial charge in [0.1, 0.15) is 0 Å². The van der Waals surface area contributed by atoms with Crippen LogP contribution in [0.5, 0.6) is 0 Å². The van der Waals surface area contributed by atoms with Gasteiger partial charge in [0.2, 0.25) is 0 Å². The first-order valence-electron chi connectivity index (χ1n) is 4.86. The first-order chi connectivity index (χ1) is 7.72. The molecular weight excluding hydrogens is 235 g/mol. The molecule has 17 heavy (non-hydrogen) atoms. The zero-order valence-corrected chi connectivity index (χ0v) is 9.35. The molecule has 0 aliphatic carbocycles. The minimum Gasteiger partial charge on any atom is -0.389 e. The van der Waals surface area contributed by atoms with Gasteiger partial charge in [-0.1, -0.05) is 0 Å². The molecule has 0 aliphatic rings. The molecule has 0 bridgehead atoms. The second-order valence-corrected chi connectivity index (χ2v) is 4.22. The fourth-order valence-corrected chi connectivity index (χ4v) is 1.09. The van der Waals surface area contributed by atoms with Crippen molar-refractivity contribution in [3.05, 3.63) is 35.1 Å². The Labute approximate surface area is 96.3 Å². The summed E-state index contributed by atoms with van der Waals surface area (Å²) in [6, 6.07) is 1.50. The van der Waals surface area contributed by atoms with Gasteiger partial charge in [-0.05, 0) is 26.0 Å². The van der Waals surface area contributed by atoms with Gasteiger partial charge in [-0.2, -0.15) is 0 Å². The van der Waals surface area contributed by atoms with Gasteiger partial charge in [-0.3, -0.25) is 4.79 Å². The summed E-state index contributed by atoms with van der Waals surface area (Å²) in [4.78, 5) is 11.4. The highest BCUT2D eigenvalue weighted by molar-refractivity contribution is 5.94. The van der Waals surface area contributed by atoms with Crippen molar-refractivity contribution >= 4 is 5.91 Å². The van der Waals surface area contributed by atoms with Crippen LogP contribution in [-0.4, -0.2) is 23.2 Å². The highest BCUT2D eigenvalue weighted by Crippen LogP contribution is 2.15. The number of aliphatic hydroxyl groups is 1. The Morgan fingerprint density at radius 3 is 2.41 bits per heavy atom. The predicted octanol–water partition coefficient (Wildman–Crippen LogP) is 1.60. The van der Waals surface area contributed by atoms with Crippen molar-refractivity contribution in [2.75, 3.05) is 6.54 Å². The molecule has 94 valence electrons. The minimum absolute atomic E-state index is 0.135. The summed E-state index contributed by atoms with van der Waals surface area (Å²) >= 11 is 0. The molecule has 3 nitrogen and oxygen atoms in total. The molecule has 0 aliphatic heterocycles. The van der Waals surface area contributed by atoms with E-state index in [4.69, 9.17) is 0 Å². The number of rotatable bonds is 3. The number of nitrogens with one attached hydrogen (secondary N) is 1. The van der Waals surface area contributed by atoms with E-state index in [1.54, 1.807) is 0 Å². The average molecular weight is 247 g/mol. The van der Waals surface area contributed by atoms with Crippen molar-refractivity contribution in [2.45, 2.75) is 19.4 Å². The van der Waals surface area contributed by atoms with Gasteiger partial charge in [-0.25, -0.2) is 13.2 Å².